The Kier molecular flexibility index (Phi) is 2.98. The van der Waals surface area contributed by atoms with E-state index < -0.39 is 5.41 Å². The van der Waals surface area contributed by atoms with Crippen LogP contribution in [0, 0.1) is 0 Å². The van der Waals surface area contributed by atoms with Gasteiger partial charge in [0.05, 0.1) is 17.7 Å². The lowest BCUT2D eigenvalue weighted by molar-refractivity contribution is -0.122. The second-order valence-electron chi connectivity index (χ2n) is 5.38. The number of carbonyl (C=O) groups excluding carboxylic acids is 1. The van der Waals surface area contributed by atoms with Crippen LogP contribution in [0.2, 0.25) is 5.15 Å². The number of hydrogen-bond donors (Lipinski definition) is 0. The number of hydrogen-bond acceptors (Lipinski definition) is 3. The van der Waals surface area contributed by atoms with Crippen molar-refractivity contribution < 1.29 is 4.79 Å². The van der Waals surface area contributed by atoms with E-state index in [0.717, 1.165) is 16.9 Å². The topological polar surface area (TPSA) is 46.1 Å². The van der Waals surface area contributed by atoms with E-state index in [9.17, 15) is 4.79 Å². The van der Waals surface area contributed by atoms with Gasteiger partial charge in [-0.1, -0.05) is 29.8 Å². The van der Waals surface area contributed by atoms with Crippen LogP contribution in [0.15, 0.2) is 36.4 Å². The fourth-order valence-electron chi connectivity index (χ4n) is 2.55. The molecule has 0 spiro atoms. The van der Waals surface area contributed by atoms with Gasteiger partial charge in [-0.15, -0.1) is 5.10 Å². The zero-order chi connectivity index (χ0) is 14.3. The van der Waals surface area contributed by atoms with Crippen molar-refractivity contribution >= 4 is 23.2 Å². The van der Waals surface area contributed by atoms with Gasteiger partial charge in [-0.05, 0) is 37.6 Å². The molecule has 0 N–H and O–H groups in total. The van der Waals surface area contributed by atoms with Gasteiger partial charge in [0.2, 0.25) is 5.91 Å². The van der Waals surface area contributed by atoms with Crippen LogP contribution in [0.5, 0.6) is 0 Å². The third-order valence-electron chi connectivity index (χ3n) is 3.66. The van der Waals surface area contributed by atoms with Crippen LogP contribution in [-0.4, -0.2) is 16.1 Å². The number of aromatic nitrogens is 2. The smallest absolute Gasteiger partial charge is 0.237 e. The van der Waals surface area contributed by atoms with Crippen molar-refractivity contribution in [1.29, 1.82) is 0 Å². The Morgan fingerprint density at radius 1 is 1.15 bits per heavy atom. The predicted molar refractivity (Wildman–Crippen MR) is 77.7 cm³/mol. The number of amides is 1. The Hall–Kier alpha value is -1.94. The first-order valence-electron chi connectivity index (χ1n) is 6.40. The molecule has 0 radical (unpaired) electrons. The van der Waals surface area contributed by atoms with Gasteiger partial charge >= 0.3 is 0 Å². The van der Waals surface area contributed by atoms with Crippen LogP contribution in [0.4, 0.5) is 5.69 Å². The van der Waals surface area contributed by atoms with Gasteiger partial charge in [-0.25, -0.2) is 0 Å². The Labute approximate surface area is 122 Å². The van der Waals surface area contributed by atoms with Gasteiger partial charge in [0.1, 0.15) is 0 Å². The maximum atomic E-state index is 12.6. The Morgan fingerprint density at radius 3 is 2.60 bits per heavy atom. The summed E-state index contributed by atoms with van der Waals surface area (Å²) < 4.78 is 0. The van der Waals surface area contributed by atoms with Gasteiger partial charge in [-0.3, -0.25) is 4.79 Å². The van der Waals surface area contributed by atoms with Gasteiger partial charge in [-0.2, -0.15) is 5.10 Å². The van der Waals surface area contributed by atoms with Crippen LogP contribution in [-0.2, 0) is 16.8 Å². The standard InChI is InChI=1S/C15H14ClN3O/c1-15(2)11-5-3-4-6-12(11)19(14(15)20)9-10-7-8-13(16)18-17-10/h3-8H,9H2,1-2H3. The molecule has 1 amide bonds. The molecule has 0 aliphatic carbocycles. The Morgan fingerprint density at radius 2 is 1.90 bits per heavy atom. The summed E-state index contributed by atoms with van der Waals surface area (Å²) in [6, 6.07) is 11.3. The van der Waals surface area contributed by atoms with E-state index in [1.807, 2.05) is 38.1 Å². The molecular weight excluding hydrogens is 274 g/mol. The highest BCUT2D eigenvalue weighted by molar-refractivity contribution is 6.29. The highest BCUT2D eigenvalue weighted by Gasteiger charge is 2.43. The van der Waals surface area contributed by atoms with E-state index >= 15 is 0 Å². The number of fused-ring (bicyclic) bond motifs is 1. The average molecular weight is 288 g/mol. The van der Waals surface area contributed by atoms with Crippen molar-refractivity contribution in [3.63, 3.8) is 0 Å². The highest BCUT2D eigenvalue weighted by atomic mass is 35.5. The molecule has 4 nitrogen and oxygen atoms in total. The molecule has 1 aliphatic rings. The van der Waals surface area contributed by atoms with Crippen molar-refractivity contribution in [2.24, 2.45) is 0 Å². The van der Waals surface area contributed by atoms with Crippen molar-refractivity contribution in [3.05, 3.63) is 52.8 Å². The summed E-state index contributed by atoms with van der Waals surface area (Å²) in [5.74, 6) is 0.0791. The number of para-hydroxylation sites is 1. The number of rotatable bonds is 2. The molecule has 0 bridgehead atoms. The quantitative estimate of drug-likeness (QED) is 0.853. The number of halogens is 1. The summed E-state index contributed by atoms with van der Waals surface area (Å²) in [6.07, 6.45) is 0. The lowest BCUT2D eigenvalue weighted by atomic mass is 9.86. The molecule has 3 rings (SSSR count). The average Bonchev–Trinajstić information content (AvgIpc) is 2.63. The molecule has 20 heavy (non-hydrogen) atoms. The minimum Gasteiger partial charge on any atom is -0.305 e. The minimum absolute atomic E-state index is 0.0791. The number of carbonyl (C=O) groups is 1. The van der Waals surface area contributed by atoms with Crippen molar-refractivity contribution in [3.8, 4) is 0 Å². The van der Waals surface area contributed by atoms with Gasteiger partial charge in [0.15, 0.2) is 5.15 Å². The van der Waals surface area contributed by atoms with E-state index in [0.29, 0.717) is 11.7 Å². The zero-order valence-electron chi connectivity index (χ0n) is 11.3. The molecule has 5 heteroatoms. The SMILES string of the molecule is CC1(C)C(=O)N(Cc2ccc(Cl)nn2)c2ccccc21. The molecule has 2 aromatic rings. The maximum absolute atomic E-state index is 12.6. The second kappa shape index (κ2) is 4.56. The molecule has 0 saturated heterocycles. The fourth-order valence-corrected chi connectivity index (χ4v) is 2.65. The third kappa shape index (κ3) is 1.96. The van der Waals surface area contributed by atoms with E-state index in [-0.39, 0.29) is 5.91 Å². The summed E-state index contributed by atoms with van der Waals surface area (Å²) in [5, 5.41) is 8.19. The molecule has 102 valence electrons. The minimum atomic E-state index is -0.504. The van der Waals surface area contributed by atoms with Crippen LogP contribution in [0.25, 0.3) is 0 Å². The summed E-state index contributed by atoms with van der Waals surface area (Å²) in [4.78, 5) is 14.4. The normalized spacial score (nSPS) is 16.4. The van der Waals surface area contributed by atoms with Crippen LogP contribution in [0.3, 0.4) is 0 Å². The van der Waals surface area contributed by atoms with E-state index in [1.165, 1.54) is 0 Å². The van der Waals surface area contributed by atoms with E-state index in [2.05, 4.69) is 10.2 Å². The molecule has 1 aromatic carbocycles. The Balaban J connectivity index is 1.98. The first kappa shape index (κ1) is 13.1. The maximum Gasteiger partial charge on any atom is 0.237 e. The molecule has 0 saturated carbocycles. The molecule has 0 fully saturated rings. The zero-order valence-corrected chi connectivity index (χ0v) is 12.1. The lowest BCUT2D eigenvalue weighted by Gasteiger charge is -2.19. The first-order valence-corrected chi connectivity index (χ1v) is 6.77. The number of nitrogens with zero attached hydrogens (tertiary/aromatic N) is 3. The van der Waals surface area contributed by atoms with Crippen molar-refractivity contribution in [2.45, 2.75) is 25.8 Å². The van der Waals surface area contributed by atoms with E-state index in [4.69, 9.17) is 11.6 Å². The van der Waals surface area contributed by atoms with Crippen LogP contribution < -0.4 is 4.90 Å². The summed E-state index contributed by atoms with van der Waals surface area (Å²) in [6.45, 7) is 4.30. The third-order valence-corrected chi connectivity index (χ3v) is 3.86. The summed E-state index contributed by atoms with van der Waals surface area (Å²) in [5.41, 5.74) is 2.21. The molecule has 0 atom stereocenters. The largest absolute Gasteiger partial charge is 0.305 e. The molecular formula is C15H14ClN3O. The van der Waals surface area contributed by atoms with E-state index in [1.54, 1.807) is 17.0 Å². The molecule has 2 heterocycles. The highest BCUT2D eigenvalue weighted by Crippen LogP contribution is 2.41. The van der Waals surface area contributed by atoms with Gasteiger partial charge in [0, 0.05) is 5.69 Å². The molecule has 1 aliphatic heterocycles. The van der Waals surface area contributed by atoms with Gasteiger partial charge in [0.25, 0.3) is 0 Å². The predicted octanol–water partition coefficient (Wildman–Crippen LogP) is 2.95. The first-order chi connectivity index (χ1) is 9.50. The second-order valence-corrected chi connectivity index (χ2v) is 5.77. The number of anilines is 1. The fraction of sp³-hybridized carbons (Fsp3) is 0.267. The van der Waals surface area contributed by atoms with Crippen molar-refractivity contribution in [1.82, 2.24) is 10.2 Å². The van der Waals surface area contributed by atoms with Crippen LogP contribution >= 0.6 is 11.6 Å². The van der Waals surface area contributed by atoms with Crippen molar-refractivity contribution in [2.75, 3.05) is 4.90 Å². The monoisotopic (exact) mass is 287 g/mol. The summed E-state index contributed by atoms with van der Waals surface area (Å²) in [7, 11) is 0. The van der Waals surface area contributed by atoms with Gasteiger partial charge < -0.3 is 4.90 Å². The number of benzene rings is 1. The lowest BCUT2D eigenvalue weighted by Crippen LogP contribution is -2.36. The van der Waals surface area contributed by atoms with Crippen LogP contribution in [0.1, 0.15) is 25.1 Å². The summed E-state index contributed by atoms with van der Waals surface area (Å²) >= 11 is 5.73. The Bertz CT molecular complexity index is 667. The molecule has 0 unspecified atom stereocenters. The molecule has 1 aromatic heterocycles.